The van der Waals surface area contributed by atoms with Crippen molar-refractivity contribution in [1.29, 1.82) is 0 Å². The molecule has 0 saturated heterocycles. The van der Waals surface area contributed by atoms with Gasteiger partial charge in [-0.1, -0.05) is 6.07 Å². The van der Waals surface area contributed by atoms with Gasteiger partial charge in [-0.25, -0.2) is 8.42 Å². The Labute approximate surface area is 164 Å². The van der Waals surface area contributed by atoms with E-state index in [2.05, 4.69) is 4.74 Å². The molecule has 0 fully saturated rings. The maximum absolute atomic E-state index is 13.7. The summed E-state index contributed by atoms with van der Waals surface area (Å²) in [5.74, 6) is -1.01. The highest BCUT2D eigenvalue weighted by Crippen LogP contribution is 2.50. The Morgan fingerprint density at radius 3 is 1.87 bits per heavy atom. The fourth-order valence-corrected chi connectivity index (χ4v) is 3.82. The molecule has 167 valence electrons. The van der Waals surface area contributed by atoms with Gasteiger partial charge in [0.25, 0.3) is 0 Å². The fraction of sp³-hybridized carbons (Fsp3) is 0.353. The molecule has 1 aliphatic carbocycles. The number of rotatable bonds is 3. The van der Waals surface area contributed by atoms with E-state index < -0.39 is 73.3 Å². The molecule has 0 bridgehead atoms. The lowest BCUT2D eigenvalue weighted by molar-refractivity contribution is -0.137. The van der Waals surface area contributed by atoms with Crippen molar-refractivity contribution in [3.05, 3.63) is 52.7 Å². The van der Waals surface area contributed by atoms with E-state index in [1.165, 1.54) is 0 Å². The normalized spacial score (nSPS) is 16.9. The second-order valence-electron chi connectivity index (χ2n) is 6.18. The number of halogens is 9. The molecule has 1 aromatic rings. The second kappa shape index (κ2) is 7.50. The first-order chi connectivity index (χ1) is 13.4. The van der Waals surface area contributed by atoms with Gasteiger partial charge < -0.3 is 4.74 Å². The van der Waals surface area contributed by atoms with Crippen molar-refractivity contribution in [2.24, 2.45) is 0 Å². The Kier molecular flexibility index (Phi) is 6.02. The summed E-state index contributed by atoms with van der Waals surface area (Å²) in [6.45, 7) is 0. The molecule has 0 heterocycles. The summed E-state index contributed by atoms with van der Waals surface area (Å²) < 4.78 is 149. The fourth-order valence-electron chi connectivity index (χ4n) is 2.91. The second-order valence-corrected chi connectivity index (χ2v) is 8.17. The highest BCUT2D eigenvalue weighted by molar-refractivity contribution is 7.90. The van der Waals surface area contributed by atoms with Gasteiger partial charge in [-0.15, -0.1) is 0 Å². The van der Waals surface area contributed by atoms with Crippen molar-refractivity contribution < 1.29 is 52.7 Å². The Balaban J connectivity index is 3.05. The average Bonchev–Trinajstić information content (AvgIpc) is 2.56. The molecule has 0 aromatic heterocycles. The lowest BCUT2D eigenvalue weighted by atomic mass is 9.84. The highest BCUT2D eigenvalue weighted by atomic mass is 32.2. The molecule has 0 spiro atoms. The monoisotopic (exact) mass is 467 g/mol. The largest absolute Gasteiger partial charge is 0.500 e. The molecule has 3 nitrogen and oxygen atoms in total. The van der Waals surface area contributed by atoms with Gasteiger partial charge in [0.15, 0.2) is 9.84 Å². The summed E-state index contributed by atoms with van der Waals surface area (Å²) in [4.78, 5) is -1.33. The van der Waals surface area contributed by atoms with Crippen molar-refractivity contribution in [3.8, 4) is 0 Å². The molecule has 30 heavy (non-hydrogen) atoms. The first kappa shape index (κ1) is 24.1. The van der Waals surface area contributed by atoms with Gasteiger partial charge in [-0.3, -0.25) is 0 Å². The zero-order valence-electron chi connectivity index (χ0n) is 15.1. The van der Waals surface area contributed by atoms with Crippen LogP contribution in [0.15, 0.2) is 40.0 Å². The molecule has 0 N–H and O–H groups in total. The average molecular weight is 467 g/mol. The minimum atomic E-state index is -5.44. The van der Waals surface area contributed by atoms with Gasteiger partial charge >= 0.3 is 18.5 Å². The topological polar surface area (TPSA) is 43.4 Å². The number of methoxy groups -OCH3 is 1. The molecule has 0 amide bonds. The quantitative estimate of drug-likeness (QED) is 0.552. The van der Waals surface area contributed by atoms with Crippen LogP contribution in [0.1, 0.15) is 17.5 Å². The molecule has 0 unspecified atom stereocenters. The van der Waals surface area contributed by atoms with E-state index >= 15 is 0 Å². The number of sulfone groups is 1. The highest BCUT2D eigenvalue weighted by Gasteiger charge is 2.49. The maximum Gasteiger partial charge on any atom is 0.420 e. The predicted octanol–water partition coefficient (Wildman–Crippen LogP) is 5.50. The van der Waals surface area contributed by atoms with Crippen molar-refractivity contribution in [2.45, 2.75) is 29.8 Å². The zero-order valence-corrected chi connectivity index (χ0v) is 15.9. The van der Waals surface area contributed by atoms with E-state index in [4.69, 9.17) is 0 Å². The van der Waals surface area contributed by atoms with Gasteiger partial charge in [0.2, 0.25) is 0 Å². The molecule has 2 rings (SSSR count). The van der Waals surface area contributed by atoms with Crippen LogP contribution >= 0.6 is 0 Å². The van der Waals surface area contributed by atoms with E-state index in [-0.39, 0.29) is 18.2 Å². The standard InChI is InChI=1S/C17H12F9O3S/c1-29-11-6-5-10(16(21,22)23)13(14(11)17(24,25)26)9-4-3-8(15(18,19)20)7-12(9)30(2,27)28/h3-4,6-7H,5H2,1-2H3. The Morgan fingerprint density at radius 2 is 1.47 bits per heavy atom. The van der Waals surface area contributed by atoms with Crippen LogP contribution in [0.4, 0.5) is 39.5 Å². The number of alkyl halides is 9. The van der Waals surface area contributed by atoms with Crippen LogP contribution < -0.4 is 0 Å². The van der Waals surface area contributed by atoms with E-state index in [0.717, 1.165) is 7.11 Å². The summed E-state index contributed by atoms with van der Waals surface area (Å²) in [7, 11) is -3.91. The van der Waals surface area contributed by atoms with Crippen molar-refractivity contribution >= 4 is 15.4 Å². The lowest BCUT2D eigenvalue weighted by Crippen LogP contribution is -2.26. The minimum Gasteiger partial charge on any atom is -0.500 e. The molecular weight excluding hydrogens is 455 g/mol. The molecule has 1 aliphatic rings. The van der Waals surface area contributed by atoms with Crippen LogP contribution in [-0.2, 0) is 20.8 Å². The van der Waals surface area contributed by atoms with Crippen LogP contribution in [0, 0.1) is 6.42 Å². The Morgan fingerprint density at radius 1 is 0.900 bits per heavy atom. The maximum atomic E-state index is 13.7. The molecule has 0 aliphatic heterocycles. The molecule has 0 saturated carbocycles. The minimum absolute atomic E-state index is 0.00442. The van der Waals surface area contributed by atoms with Gasteiger partial charge in [-0.2, -0.15) is 39.5 Å². The third-order valence-electron chi connectivity index (χ3n) is 4.11. The number of ether oxygens (including phenoxy) is 1. The van der Waals surface area contributed by atoms with E-state index in [0.29, 0.717) is 12.7 Å². The Bertz CT molecular complexity index is 1010. The lowest BCUT2D eigenvalue weighted by Gasteiger charge is -2.29. The summed E-state index contributed by atoms with van der Waals surface area (Å²) in [6, 6.07) is 0.499. The first-order valence-corrected chi connectivity index (χ1v) is 9.69. The zero-order chi connectivity index (χ0) is 23.3. The number of hydrogen-bond donors (Lipinski definition) is 0. The smallest absolute Gasteiger partial charge is 0.420 e. The number of hydrogen-bond acceptors (Lipinski definition) is 3. The van der Waals surface area contributed by atoms with E-state index in [1.807, 2.05) is 0 Å². The van der Waals surface area contributed by atoms with Gasteiger partial charge in [0.1, 0.15) is 11.3 Å². The SMILES string of the molecule is COC1=C(C(F)(F)F)C(c2ccc(C(F)(F)F)cc2S(C)(=O)=O)=C(C(F)(F)F)C[CH]1. The summed E-state index contributed by atoms with van der Waals surface area (Å²) in [6.07, 6.45) is -16.1. The third-order valence-corrected chi connectivity index (χ3v) is 5.25. The number of allylic oxidation sites excluding steroid dienone is 4. The van der Waals surface area contributed by atoms with Crippen LogP contribution in [0.25, 0.3) is 5.57 Å². The van der Waals surface area contributed by atoms with Crippen LogP contribution in [0.3, 0.4) is 0 Å². The van der Waals surface area contributed by atoms with Crippen molar-refractivity contribution in [2.75, 3.05) is 13.4 Å². The van der Waals surface area contributed by atoms with Crippen LogP contribution in [0.5, 0.6) is 0 Å². The van der Waals surface area contributed by atoms with Gasteiger partial charge in [0.05, 0.1) is 17.6 Å². The molecule has 13 heteroatoms. The van der Waals surface area contributed by atoms with E-state index in [1.54, 1.807) is 0 Å². The molecule has 1 aromatic carbocycles. The van der Waals surface area contributed by atoms with Gasteiger partial charge in [-0.05, 0) is 18.6 Å². The molecule has 1 radical (unpaired) electrons. The molecule has 0 atom stereocenters. The Hall–Kier alpha value is -2.18. The predicted molar refractivity (Wildman–Crippen MR) is 86.5 cm³/mol. The van der Waals surface area contributed by atoms with Crippen molar-refractivity contribution in [3.63, 3.8) is 0 Å². The summed E-state index contributed by atoms with van der Waals surface area (Å²) >= 11 is 0. The van der Waals surface area contributed by atoms with Crippen molar-refractivity contribution in [1.82, 2.24) is 0 Å². The van der Waals surface area contributed by atoms with Crippen LogP contribution in [0.2, 0.25) is 0 Å². The number of benzene rings is 1. The van der Waals surface area contributed by atoms with Crippen LogP contribution in [-0.4, -0.2) is 34.1 Å². The molecular formula is C17H12F9O3S. The first-order valence-electron chi connectivity index (χ1n) is 7.80. The third kappa shape index (κ3) is 4.76. The van der Waals surface area contributed by atoms with E-state index in [9.17, 15) is 47.9 Å². The summed E-state index contributed by atoms with van der Waals surface area (Å²) in [5, 5.41) is 0. The summed E-state index contributed by atoms with van der Waals surface area (Å²) in [5.41, 5.74) is -8.00. The van der Waals surface area contributed by atoms with Gasteiger partial charge in [0, 0.05) is 29.4 Å².